The highest BCUT2D eigenvalue weighted by atomic mass is 15.3. The van der Waals surface area contributed by atoms with Crippen molar-refractivity contribution in [2.75, 3.05) is 0 Å². The Bertz CT molecular complexity index is 1410. The molecule has 0 saturated heterocycles. The number of hydrogen-bond acceptors (Lipinski definition) is 4. The largest absolute Gasteiger partial charge is 0.348 e. The zero-order valence-corrected chi connectivity index (χ0v) is 14.0. The van der Waals surface area contributed by atoms with Gasteiger partial charge in [0.2, 0.25) is 0 Å². The molecule has 5 aromatic heterocycles. The first-order valence-corrected chi connectivity index (χ1v) is 8.47. The molecule has 1 aromatic carbocycles. The van der Waals surface area contributed by atoms with E-state index >= 15 is 0 Å². The monoisotopic (exact) mass is 353 g/mol. The van der Waals surface area contributed by atoms with Crippen molar-refractivity contribution < 1.29 is 4.68 Å². The Balaban J connectivity index is 1.46. The van der Waals surface area contributed by atoms with E-state index in [1.54, 1.807) is 18.7 Å². The van der Waals surface area contributed by atoms with Crippen LogP contribution >= 0.6 is 0 Å². The summed E-state index contributed by atoms with van der Waals surface area (Å²) in [5, 5.41) is 13.4. The van der Waals surface area contributed by atoms with Crippen molar-refractivity contribution in [2.24, 2.45) is 0 Å². The van der Waals surface area contributed by atoms with E-state index in [2.05, 4.69) is 59.5 Å². The van der Waals surface area contributed by atoms with Crippen LogP contribution in [-0.4, -0.2) is 35.2 Å². The number of nitrogens with one attached hydrogen (secondary N) is 3. The van der Waals surface area contributed by atoms with Crippen LogP contribution in [-0.2, 0) is 0 Å². The fraction of sp³-hybridized carbons (Fsp3) is 0. The molecule has 0 aliphatic rings. The van der Waals surface area contributed by atoms with E-state index in [0.29, 0.717) is 0 Å². The van der Waals surface area contributed by atoms with Crippen molar-refractivity contribution in [1.29, 1.82) is 0 Å². The molecule has 6 rings (SSSR count). The molecule has 0 saturated carbocycles. The smallest absolute Gasteiger partial charge is 0.339 e. The Morgan fingerprint density at radius 2 is 1.85 bits per heavy atom. The van der Waals surface area contributed by atoms with Crippen molar-refractivity contribution in [3.05, 3.63) is 61.3 Å². The van der Waals surface area contributed by atoms with Gasteiger partial charge in [0.05, 0.1) is 17.1 Å². The number of H-pyrrole nitrogens is 3. The molecule has 0 aliphatic heterocycles. The third-order valence-corrected chi connectivity index (χ3v) is 4.70. The minimum Gasteiger partial charge on any atom is -0.339 e. The lowest BCUT2D eigenvalue weighted by Crippen LogP contribution is -2.32. The number of aromatic nitrogens is 8. The molecular formula is C19H13N8+. The molecule has 0 fully saturated rings. The van der Waals surface area contributed by atoms with Crippen LogP contribution in [0.2, 0.25) is 0 Å². The van der Waals surface area contributed by atoms with Crippen LogP contribution in [0.15, 0.2) is 61.3 Å². The predicted octanol–water partition coefficient (Wildman–Crippen LogP) is 2.65. The highest BCUT2D eigenvalue weighted by molar-refractivity contribution is 5.87. The lowest BCUT2D eigenvalue weighted by atomic mass is 10.1. The Morgan fingerprint density at radius 1 is 0.889 bits per heavy atom. The molecule has 0 amide bonds. The zero-order chi connectivity index (χ0) is 17.8. The lowest BCUT2D eigenvalue weighted by molar-refractivity contribution is -0.656. The van der Waals surface area contributed by atoms with Gasteiger partial charge in [-0.05, 0) is 29.2 Å². The second-order valence-electron chi connectivity index (χ2n) is 6.40. The van der Waals surface area contributed by atoms with Gasteiger partial charge in [-0.25, -0.2) is 20.2 Å². The average molecular weight is 353 g/mol. The molecule has 5 heterocycles. The van der Waals surface area contributed by atoms with Gasteiger partial charge in [0, 0.05) is 34.3 Å². The number of nitrogens with zero attached hydrogens (tertiary/aromatic N) is 5. The van der Waals surface area contributed by atoms with E-state index in [-0.39, 0.29) is 0 Å². The molecular weight excluding hydrogens is 340 g/mol. The van der Waals surface area contributed by atoms with Crippen LogP contribution in [0, 0.1) is 0 Å². The van der Waals surface area contributed by atoms with E-state index < -0.39 is 0 Å². The van der Waals surface area contributed by atoms with E-state index in [1.165, 1.54) is 0 Å². The Morgan fingerprint density at radius 3 is 2.81 bits per heavy atom. The maximum atomic E-state index is 4.60. The summed E-state index contributed by atoms with van der Waals surface area (Å²) >= 11 is 0. The average Bonchev–Trinajstić information content (AvgIpc) is 3.42. The van der Waals surface area contributed by atoms with Crippen molar-refractivity contribution in [2.45, 2.75) is 0 Å². The molecule has 6 aromatic rings. The van der Waals surface area contributed by atoms with Gasteiger partial charge in [-0.1, -0.05) is 6.07 Å². The van der Waals surface area contributed by atoms with Crippen molar-refractivity contribution >= 4 is 33.0 Å². The van der Waals surface area contributed by atoms with Gasteiger partial charge < -0.3 is 4.98 Å². The van der Waals surface area contributed by atoms with Crippen molar-refractivity contribution in [3.8, 4) is 17.1 Å². The molecule has 0 spiro atoms. The first-order valence-electron chi connectivity index (χ1n) is 8.47. The fourth-order valence-corrected chi connectivity index (χ4v) is 3.33. The number of rotatable bonds is 2. The van der Waals surface area contributed by atoms with Gasteiger partial charge in [0.1, 0.15) is 18.2 Å². The second-order valence-corrected chi connectivity index (χ2v) is 6.40. The summed E-state index contributed by atoms with van der Waals surface area (Å²) in [7, 11) is 0. The Hall–Kier alpha value is -4.07. The molecule has 8 nitrogen and oxygen atoms in total. The molecule has 27 heavy (non-hydrogen) atoms. The van der Waals surface area contributed by atoms with Crippen LogP contribution < -0.4 is 4.68 Å². The predicted molar refractivity (Wildman–Crippen MR) is 100 cm³/mol. The fourth-order valence-electron chi connectivity index (χ4n) is 3.33. The summed E-state index contributed by atoms with van der Waals surface area (Å²) in [4.78, 5) is 16.3. The van der Waals surface area contributed by atoms with Crippen LogP contribution in [0.1, 0.15) is 0 Å². The number of pyridine rings is 1. The molecule has 0 unspecified atom stereocenters. The highest BCUT2D eigenvalue weighted by Gasteiger charge is 2.14. The normalized spacial score (nSPS) is 11.7. The minimum absolute atomic E-state index is 0.763. The van der Waals surface area contributed by atoms with Gasteiger partial charge >= 0.3 is 5.82 Å². The summed E-state index contributed by atoms with van der Waals surface area (Å²) < 4.78 is 1.91. The van der Waals surface area contributed by atoms with Crippen LogP contribution in [0.25, 0.3) is 50.0 Å². The molecule has 0 bridgehead atoms. The number of fused-ring (bicyclic) bond motifs is 3. The third-order valence-electron chi connectivity index (χ3n) is 4.70. The highest BCUT2D eigenvalue weighted by Crippen LogP contribution is 2.25. The van der Waals surface area contributed by atoms with E-state index in [4.69, 9.17) is 0 Å². The Labute approximate surface area is 151 Å². The van der Waals surface area contributed by atoms with E-state index in [1.807, 2.05) is 23.0 Å². The maximum Gasteiger partial charge on any atom is 0.348 e. The van der Waals surface area contributed by atoms with Gasteiger partial charge in [-0.2, -0.15) is 5.10 Å². The molecule has 0 aliphatic carbocycles. The maximum absolute atomic E-state index is 4.60. The van der Waals surface area contributed by atoms with Crippen molar-refractivity contribution in [3.63, 3.8) is 0 Å². The summed E-state index contributed by atoms with van der Waals surface area (Å²) in [5.74, 6) is 0.797. The minimum atomic E-state index is 0.763. The van der Waals surface area contributed by atoms with E-state index in [0.717, 1.165) is 50.0 Å². The van der Waals surface area contributed by atoms with Crippen LogP contribution in [0.5, 0.6) is 0 Å². The molecule has 0 atom stereocenters. The summed E-state index contributed by atoms with van der Waals surface area (Å²) in [6.07, 6.45) is 7.14. The molecule has 3 N–H and O–H groups in total. The Kier molecular flexibility index (Phi) is 2.73. The quantitative estimate of drug-likeness (QED) is 0.416. The van der Waals surface area contributed by atoms with E-state index in [9.17, 15) is 0 Å². The molecule has 128 valence electrons. The SMILES string of the molecule is c1ncc2cc(-c3ccc4c[n+](-c5ccc6cn[nH]c6n5)[nH]c4c3)[nH]c2n1. The van der Waals surface area contributed by atoms with Crippen LogP contribution in [0.4, 0.5) is 0 Å². The summed E-state index contributed by atoms with van der Waals surface area (Å²) in [6.45, 7) is 0. The standard InChI is InChI=1S/C19H12N8/c1-2-13-9-27(17-4-3-12-8-22-25-19(12)24-17)26-16(13)5-11(1)15-6-14-7-20-10-21-18(14)23-15/h1-10H,(H2,20,21,22,23,24,25,26)/p+1. The number of aromatic amines is 3. The number of benzene rings is 1. The third kappa shape index (κ3) is 2.20. The second kappa shape index (κ2) is 5.21. The number of hydrogen-bond donors (Lipinski definition) is 3. The first kappa shape index (κ1) is 14.1. The van der Waals surface area contributed by atoms with Gasteiger partial charge in [0.15, 0.2) is 0 Å². The first-order chi connectivity index (χ1) is 13.3. The topological polar surface area (TPSA) is 103 Å². The van der Waals surface area contributed by atoms with Crippen molar-refractivity contribution in [1.82, 2.24) is 35.2 Å². The summed E-state index contributed by atoms with van der Waals surface area (Å²) in [5.41, 5.74) is 4.69. The van der Waals surface area contributed by atoms with Gasteiger partial charge in [-0.15, -0.1) is 4.68 Å². The zero-order valence-electron chi connectivity index (χ0n) is 14.0. The molecule has 8 heteroatoms. The lowest BCUT2D eigenvalue weighted by Gasteiger charge is -1.96. The van der Waals surface area contributed by atoms with Gasteiger partial charge in [-0.3, -0.25) is 0 Å². The van der Waals surface area contributed by atoms with Gasteiger partial charge in [0.25, 0.3) is 5.65 Å². The molecule has 0 radical (unpaired) electrons. The van der Waals surface area contributed by atoms with Crippen LogP contribution in [0.3, 0.4) is 0 Å². The summed E-state index contributed by atoms with van der Waals surface area (Å²) in [6, 6.07) is 12.3.